The monoisotopic (exact) mass is 290 g/mol. The molecule has 4 rings (SSSR count). The van der Waals surface area contributed by atoms with Gasteiger partial charge in [0, 0.05) is 19.0 Å². The van der Waals surface area contributed by atoms with Crippen LogP contribution in [0.5, 0.6) is 0 Å². The average Bonchev–Trinajstić information content (AvgIpc) is 3.18. The van der Waals surface area contributed by atoms with Crippen molar-refractivity contribution in [2.24, 2.45) is 5.92 Å². The quantitative estimate of drug-likeness (QED) is 0.830. The third kappa shape index (κ3) is 2.09. The summed E-state index contributed by atoms with van der Waals surface area (Å²) in [4.78, 5) is 20.3. The molecular weight excluding hydrogens is 268 g/mol. The predicted molar refractivity (Wildman–Crippen MR) is 81.7 cm³/mol. The van der Waals surface area contributed by atoms with Crippen molar-refractivity contribution in [2.75, 3.05) is 11.4 Å². The fraction of sp³-hybridized carbons (Fsp3) is 0.750. The zero-order chi connectivity index (χ0) is 13.5. The molecule has 0 amide bonds. The van der Waals surface area contributed by atoms with Crippen molar-refractivity contribution in [2.45, 2.75) is 63.8 Å². The summed E-state index contributed by atoms with van der Waals surface area (Å²) in [6, 6.07) is 0.695. The van der Waals surface area contributed by atoms with Crippen LogP contribution in [0.1, 0.15) is 66.7 Å². The minimum Gasteiger partial charge on any atom is -0.345 e. The van der Waals surface area contributed by atoms with E-state index in [1.54, 1.807) is 11.3 Å². The molecular formula is C16H22N2OS. The van der Waals surface area contributed by atoms with E-state index in [-0.39, 0.29) is 0 Å². The van der Waals surface area contributed by atoms with Crippen LogP contribution in [0.15, 0.2) is 0 Å². The Bertz CT molecular complexity index is 519. The molecule has 20 heavy (non-hydrogen) atoms. The highest BCUT2D eigenvalue weighted by molar-refractivity contribution is 7.17. The van der Waals surface area contributed by atoms with E-state index in [0.29, 0.717) is 11.8 Å². The van der Waals surface area contributed by atoms with Gasteiger partial charge in [-0.3, -0.25) is 4.79 Å². The number of carbonyl (C=O) groups excluding carboxylic acids is 1. The zero-order valence-corrected chi connectivity index (χ0v) is 12.8. The minimum atomic E-state index is 0.326. The second-order valence-corrected chi connectivity index (χ2v) is 7.47. The second kappa shape index (κ2) is 5.14. The van der Waals surface area contributed by atoms with E-state index in [9.17, 15) is 4.79 Å². The van der Waals surface area contributed by atoms with Gasteiger partial charge in [0.15, 0.2) is 10.9 Å². The molecule has 0 N–H and O–H groups in total. The smallest absolute Gasteiger partial charge is 0.186 e. The number of Topliss-reactive ketones (excluding diaryl/α,β-unsaturated/α-hetero) is 1. The van der Waals surface area contributed by atoms with Crippen molar-refractivity contribution >= 4 is 22.3 Å². The molecule has 108 valence electrons. The van der Waals surface area contributed by atoms with Gasteiger partial charge in [-0.25, -0.2) is 4.98 Å². The van der Waals surface area contributed by atoms with Crippen molar-refractivity contribution in [1.82, 2.24) is 4.98 Å². The van der Waals surface area contributed by atoms with Gasteiger partial charge in [-0.15, -0.1) is 0 Å². The van der Waals surface area contributed by atoms with E-state index in [4.69, 9.17) is 4.98 Å². The third-order valence-electron chi connectivity index (χ3n) is 5.25. The summed E-state index contributed by atoms with van der Waals surface area (Å²) in [5.41, 5.74) is 1.08. The summed E-state index contributed by atoms with van der Waals surface area (Å²) >= 11 is 1.67. The lowest BCUT2D eigenvalue weighted by Gasteiger charge is -2.29. The number of aryl methyl sites for hydroxylation is 1. The zero-order valence-electron chi connectivity index (χ0n) is 11.9. The second-order valence-electron chi connectivity index (χ2n) is 6.50. The summed E-state index contributed by atoms with van der Waals surface area (Å²) in [7, 11) is 0. The first kappa shape index (κ1) is 12.8. The molecule has 2 aliphatic carbocycles. The Morgan fingerprint density at radius 1 is 1.05 bits per heavy atom. The van der Waals surface area contributed by atoms with Crippen LogP contribution < -0.4 is 4.90 Å². The van der Waals surface area contributed by atoms with Gasteiger partial charge in [0.25, 0.3) is 0 Å². The highest BCUT2D eigenvalue weighted by atomic mass is 32.1. The average molecular weight is 290 g/mol. The lowest BCUT2D eigenvalue weighted by atomic mass is 9.96. The first-order chi connectivity index (χ1) is 9.83. The van der Waals surface area contributed by atoms with Gasteiger partial charge in [-0.05, 0) is 44.4 Å². The minimum absolute atomic E-state index is 0.326. The topological polar surface area (TPSA) is 33.2 Å². The fourth-order valence-electron chi connectivity index (χ4n) is 4.24. The molecule has 3 aliphatic rings. The molecule has 3 nitrogen and oxygen atoms in total. The Kier molecular flexibility index (Phi) is 3.29. The molecule has 2 fully saturated rings. The molecule has 1 saturated carbocycles. The molecule has 0 radical (unpaired) electrons. The normalized spacial score (nSPS) is 27.3. The third-order valence-corrected chi connectivity index (χ3v) is 6.42. The van der Waals surface area contributed by atoms with Crippen LogP contribution in [0.3, 0.4) is 0 Å². The maximum absolute atomic E-state index is 12.0. The van der Waals surface area contributed by atoms with E-state index in [1.807, 2.05) is 0 Å². The first-order valence-electron chi connectivity index (χ1n) is 8.12. The van der Waals surface area contributed by atoms with Crippen LogP contribution in [0, 0.1) is 5.92 Å². The first-order valence-corrected chi connectivity index (χ1v) is 8.94. The summed E-state index contributed by atoms with van der Waals surface area (Å²) in [6.07, 6.45) is 10.9. The Hall–Kier alpha value is -0.900. The molecule has 1 aliphatic heterocycles. The Labute approximate surface area is 124 Å². The molecule has 2 heterocycles. The highest BCUT2D eigenvalue weighted by Crippen LogP contribution is 2.40. The maximum Gasteiger partial charge on any atom is 0.186 e. The number of thiazole rings is 1. The summed E-state index contributed by atoms with van der Waals surface area (Å²) in [5.74, 6) is 1.20. The molecule has 0 bridgehead atoms. The predicted octanol–water partition coefficient (Wildman–Crippen LogP) is 3.82. The number of ketones is 1. The maximum atomic E-state index is 12.0. The van der Waals surface area contributed by atoms with Gasteiger partial charge >= 0.3 is 0 Å². The van der Waals surface area contributed by atoms with E-state index in [2.05, 4.69) is 4.90 Å². The summed E-state index contributed by atoms with van der Waals surface area (Å²) < 4.78 is 0. The van der Waals surface area contributed by atoms with Crippen molar-refractivity contribution in [3.8, 4) is 0 Å². The van der Waals surface area contributed by atoms with Crippen molar-refractivity contribution in [1.29, 1.82) is 0 Å². The molecule has 1 aromatic heterocycles. The Morgan fingerprint density at radius 3 is 2.70 bits per heavy atom. The molecule has 1 unspecified atom stereocenters. The number of hydrogen-bond acceptors (Lipinski definition) is 4. The Morgan fingerprint density at radius 2 is 1.90 bits per heavy atom. The Balaban J connectivity index is 1.61. The number of nitrogens with zero attached hydrogens (tertiary/aromatic N) is 2. The van der Waals surface area contributed by atoms with Crippen molar-refractivity contribution in [3.63, 3.8) is 0 Å². The number of hydrogen-bond donors (Lipinski definition) is 0. The van der Waals surface area contributed by atoms with Crippen LogP contribution >= 0.6 is 11.3 Å². The lowest BCUT2D eigenvalue weighted by molar-refractivity contribution is 0.0976. The van der Waals surface area contributed by atoms with Gasteiger partial charge in [0.2, 0.25) is 0 Å². The number of aromatic nitrogens is 1. The van der Waals surface area contributed by atoms with Gasteiger partial charge < -0.3 is 4.90 Å². The highest BCUT2D eigenvalue weighted by Gasteiger charge is 2.35. The lowest BCUT2D eigenvalue weighted by Crippen LogP contribution is -2.34. The standard InChI is InChI=1S/C16H22N2OS/c19-14-9-3-7-12-15(14)20-16(17-12)18-10-4-8-13(18)11-5-1-2-6-11/h11,13H,1-10H2. The van der Waals surface area contributed by atoms with E-state index in [1.165, 1.54) is 38.5 Å². The van der Waals surface area contributed by atoms with Crippen LogP contribution in [0.2, 0.25) is 0 Å². The van der Waals surface area contributed by atoms with Crippen LogP contribution in [-0.4, -0.2) is 23.4 Å². The van der Waals surface area contributed by atoms with E-state index in [0.717, 1.165) is 47.4 Å². The van der Waals surface area contributed by atoms with Crippen molar-refractivity contribution in [3.05, 3.63) is 10.6 Å². The van der Waals surface area contributed by atoms with Crippen LogP contribution in [0.4, 0.5) is 5.13 Å². The molecule has 1 atom stereocenters. The summed E-state index contributed by atoms with van der Waals surface area (Å²) in [6.45, 7) is 1.14. The van der Waals surface area contributed by atoms with Gasteiger partial charge in [-0.1, -0.05) is 24.2 Å². The molecule has 1 aromatic rings. The van der Waals surface area contributed by atoms with E-state index < -0.39 is 0 Å². The number of carbonyl (C=O) groups is 1. The number of fused-ring (bicyclic) bond motifs is 1. The van der Waals surface area contributed by atoms with Gasteiger partial charge in [-0.2, -0.15) is 0 Å². The number of anilines is 1. The van der Waals surface area contributed by atoms with Gasteiger partial charge in [0.1, 0.15) is 0 Å². The molecule has 0 aromatic carbocycles. The number of rotatable bonds is 2. The molecule has 0 spiro atoms. The molecule has 1 saturated heterocycles. The van der Waals surface area contributed by atoms with Crippen LogP contribution in [0.25, 0.3) is 0 Å². The summed E-state index contributed by atoms with van der Waals surface area (Å²) in [5, 5.41) is 1.14. The largest absolute Gasteiger partial charge is 0.345 e. The van der Waals surface area contributed by atoms with E-state index >= 15 is 0 Å². The van der Waals surface area contributed by atoms with Crippen molar-refractivity contribution < 1.29 is 4.79 Å². The molecule has 4 heteroatoms. The van der Waals surface area contributed by atoms with Crippen LogP contribution in [-0.2, 0) is 6.42 Å². The van der Waals surface area contributed by atoms with Gasteiger partial charge in [0.05, 0.1) is 10.6 Å². The fourth-order valence-corrected chi connectivity index (χ4v) is 5.41. The SMILES string of the molecule is O=C1CCCc2nc(N3CCCC3C3CCCC3)sc21.